The van der Waals surface area contributed by atoms with Crippen molar-refractivity contribution in [2.45, 2.75) is 32.6 Å². The Morgan fingerprint density at radius 2 is 2.12 bits per heavy atom. The second kappa shape index (κ2) is 7.70. The van der Waals surface area contributed by atoms with Gasteiger partial charge in [-0.25, -0.2) is 9.67 Å². The third-order valence-electron chi connectivity index (χ3n) is 4.00. The molecule has 0 radical (unpaired) electrons. The molecule has 0 aliphatic carbocycles. The Morgan fingerprint density at radius 1 is 1.24 bits per heavy atom. The topological polar surface area (TPSA) is 80.6 Å². The van der Waals surface area contributed by atoms with Crippen LogP contribution in [0.25, 0.3) is 16.9 Å². The predicted molar refractivity (Wildman–Crippen MR) is 95.7 cm³/mol. The van der Waals surface area contributed by atoms with Crippen molar-refractivity contribution in [1.29, 1.82) is 0 Å². The minimum Gasteiger partial charge on any atom is -0.300 e. The molecule has 0 aliphatic rings. The molecule has 0 fully saturated rings. The fourth-order valence-corrected chi connectivity index (χ4v) is 2.69. The highest BCUT2D eigenvalue weighted by atomic mass is 16.1. The highest BCUT2D eigenvalue weighted by molar-refractivity contribution is 5.78. The summed E-state index contributed by atoms with van der Waals surface area (Å²) in [6.07, 6.45) is 9.27. The number of aromatic nitrogens is 4. The number of H-pyrrole nitrogens is 1. The van der Waals surface area contributed by atoms with Gasteiger partial charge in [-0.3, -0.25) is 19.7 Å². The van der Waals surface area contributed by atoms with Crippen LogP contribution in [0.4, 0.5) is 0 Å². The minimum absolute atomic E-state index is 0.181. The van der Waals surface area contributed by atoms with Crippen molar-refractivity contribution in [2.24, 2.45) is 0 Å². The minimum atomic E-state index is -0.181. The van der Waals surface area contributed by atoms with E-state index in [4.69, 9.17) is 0 Å². The van der Waals surface area contributed by atoms with Crippen LogP contribution in [-0.2, 0) is 11.2 Å². The molecule has 0 saturated heterocycles. The van der Waals surface area contributed by atoms with Crippen molar-refractivity contribution in [2.75, 3.05) is 0 Å². The van der Waals surface area contributed by atoms with E-state index in [0.29, 0.717) is 30.6 Å². The van der Waals surface area contributed by atoms with Gasteiger partial charge in [0.1, 0.15) is 5.78 Å². The molecular formula is C19H20N4O2. The Balaban J connectivity index is 1.83. The van der Waals surface area contributed by atoms with Crippen LogP contribution in [-0.4, -0.2) is 25.5 Å². The molecule has 6 nitrogen and oxygen atoms in total. The lowest BCUT2D eigenvalue weighted by molar-refractivity contribution is -0.119. The fraction of sp³-hybridized carbons (Fsp3) is 0.263. The van der Waals surface area contributed by atoms with Crippen LogP contribution in [0, 0.1) is 0 Å². The van der Waals surface area contributed by atoms with Gasteiger partial charge in [0, 0.05) is 43.2 Å². The summed E-state index contributed by atoms with van der Waals surface area (Å²) in [5.74, 6) is 0.775. The predicted octanol–water partition coefficient (Wildman–Crippen LogP) is 2.92. The number of hydrogen-bond donors (Lipinski definition) is 1. The lowest BCUT2D eigenvalue weighted by Gasteiger charge is -2.04. The van der Waals surface area contributed by atoms with E-state index in [-0.39, 0.29) is 11.3 Å². The molecule has 0 spiro atoms. The summed E-state index contributed by atoms with van der Waals surface area (Å²) >= 11 is 0. The quantitative estimate of drug-likeness (QED) is 0.719. The van der Waals surface area contributed by atoms with Crippen LogP contribution in [0.1, 0.15) is 31.7 Å². The molecule has 6 heteroatoms. The highest BCUT2D eigenvalue weighted by Gasteiger charge is 2.11. The van der Waals surface area contributed by atoms with Crippen molar-refractivity contribution in [1.82, 2.24) is 19.7 Å². The van der Waals surface area contributed by atoms with Crippen molar-refractivity contribution in [3.63, 3.8) is 0 Å². The zero-order valence-corrected chi connectivity index (χ0v) is 14.1. The first kappa shape index (κ1) is 16.8. The molecule has 0 saturated carbocycles. The van der Waals surface area contributed by atoms with E-state index in [0.717, 1.165) is 17.5 Å². The standard InChI is InChI=1S/C19H20N4O2/c1-2-4-16(24)7-6-14-8-10-21-18(11-14)23-19(25)17(13-22-23)15-5-3-9-20-12-15/h3,5,8-13,22H,2,4,6-7H2,1H3. The van der Waals surface area contributed by atoms with Crippen molar-refractivity contribution in [3.05, 3.63) is 65.0 Å². The van der Waals surface area contributed by atoms with Gasteiger partial charge in [-0.05, 0) is 36.6 Å². The zero-order chi connectivity index (χ0) is 17.6. The fourth-order valence-electron chi connectivity index (χ4n) is 2.69. The number of carbonyl (C=O) groups excluding carboxylic acids is 1. The Labute approximate surface area is 145 Å². The van der Waals surface area contributed by atoms with E-state index in [1.807, 2.05) is 25.1 Å². The van der Waals surface area contributed by atoms with Crippen LogP contribution in [0.5, 0.6) is 0 Å². The molecule has 0 aromatic carbocycles. The maximum absolute atomic E-state index is 12.6. The van der Waals surface area contributed by atoms with Gasteiger partial charge >= 0.3 is 0 Å². The second-order valence-corrected chi connectivity index (χ2v) is 5.88. The molecule has 0 atom stereocenters. The molecular weight excluding hydrogens is 316 g/mol. The largest absolute Gasteiger partial charge is 0.300 e. The van der Waals surface area contributed by atoms with Gasteiger partial charge in [-0.15, -0.1) is 0 Å². The average Bonchev–Trinajstić information content (AvgIpc) is 3.03. The Morgan fingerprint density at radius 3 is 2.88 bits per heavy atom. The van der Waals surface area contributed by atoms with Gasteiger partial charge in [0.05, 0.1) is 5.56 Å². The number of nitrogens with zero attached hydrogens (tertiary/aromatic N) is 3. The summed E-state index contributed by atoms with van der Waals surface area (Å²) in [6, 6.07) is 7.34. The summed E-state index contributed by atoms with van der Waals surface area (Å²) in [5.41, 5.74) is 2.10. The third-order valence-corrected chi connectivity index (χ3v) is 4.00. The molecule has 128 valence electrons. The number of Topliss-reactive ketones (excluding diaryl/α,β-unsaturated/α-hetero) is 1. The number of rotatable bonds is 7. The zero-order valence-electron chi connectivity index (χ0n) is 14.1. The molecule has 1 N–H and O–H groups in total. The summed E-state index contributed by atoms with van der Waals surface area (Å²) < 4.78 is 1.40. The third kappa shape index (κ3) is 3.91. The average molecular weight is 336 g/mol. The number of pyridine rings is 2. The second-order valence-electron chi connectivity index (χ2n) is 5.88. The summed E-state index contributed by atoms with van der Waals surface area (Å²) in [7, 11) is 0. The number of hydrogen-bond acceptors (Lipinski definition) is 4. The molecule has 3 heterocycles. The molecule has 3 aromatic rings. The van der Waals surface area contributed by atoms with Crippen molar-refractivity contribution in [3.8, 4) is 16.9 Å². The molecule has 3 rings (SSSR count). The summed E-state index contributed by atoms with van der Waals surface area (Å²) in [5, 5.41) is 2.95. The normalized spacial score (nSPS) is 10.8. The first-order chi connectivity index (χ1) is 12.2. The van der Waals surface area contributed by atoms with E-state index in [1.54, 1.807) is 30.9 Å². The first-order valence-corrected chi connectivity index (χ1v) is 8.37. The summed E-state index contributed by atoms with van der Waals surface area (Å²) in [4.78, 5) is 32.7. The maximum Gasteiger partial charge on any atom is 0.280 e. The first-order valence-electron chi connectivity index (χ1n) is 8.37. The van der Waals surface area contributed by atoms with Gasteiger partial charge in [-0.1, -0.05) is 13.0 Å². The number of nitrogens with one attached hydrogen (secondary N) is 1. The van der Waals surface area contributed by atoms with Gasteiger partial charge < -0.3 is 0 Å². The molecule has 0 amide bonds. The number of carbonyl (C=O) groups is 1. The molecule has 0 bridgehead atoms. The van der Waals surface area contributed by atoms with Crippen molar-refractivity contribution >= 4 is 5.78 Å². The van der Waals surface area contributed by atoms with Crippen LogP contribution in [0.3, 0.4) is 0 Å². The molecule has 25 heavy (non-hydrogen) atoms. The van der Waals surface area contributed by atoms with E-state index in [1.165, 1.54) is 4.68 Å². The lowest BCUT2D eigenvalue weighted by atomic mass is 10.1. The lowest BCUT2D eigenvalue weighted by Crippen LogP contribution is -2.17. The number of ketones is 1. The molecule has 0 aliphatic heterocycles. The highest BCUT2D eigenvalue weighted by Crippen LogP contribution is 2.14. The van der Waals surface area contributed by atoms with Gasteiger partial charge in [-0.2, -0.15) is 0 Å². The Bertz CT molecular complexity index is 912. The van der Waals surface area contributed by atoms with Crippen molar-refractivity contribution < 1.29 is 4.79 Å². The Hall–Kier alpha value is -3.02. The van der Waals surface area contributed by atoms with E-state index >= 15 is 0 Å². The monoisotopic (exact) mass is 336 g/mol. The van der Waals surface area contributed by atoms with E-state index in [2.05, 4.69) is 15.1 Å². The van der Waals surface area contributed by atoms with Gasteiger partial charge in [0.15, 0.2) is 5.82 Å². The van der Waals surface area contributed by atoms with Crippen LogP contribution in [0.2, 0.25) is 0 Å². The van der Waals surface area contributed by atoms with Crippen LogP contribution < -0.4 is 5.56 Å². The van der Waals surface area contributed by atoms with Crippen LogP contribution >= 0.6 is 0 Å². The Kier molecular flexibility index (Phi) is 5.18. The number of aryl methyl sites for hydroxylation is 1. The van der Waals surface area contributed by atoms with E-state index in [9.17, 15) is 9.59 Å². The van der Waals surface area contributed by atoms with Crippen LogP contribution in [0.15, 0.2) is 53.8 Å². The molecule has 0 unspecified atom stereocenters. The smallest absolute Gasteiger partial charge is 0.280 e. The summed E-state index contributed by atoms with van der Waals surface area (Å²) in [6.45, 7) is 2.00. The SMILES string of the molecule is CCCC(=O)CCc1ccnc(-n2[nH]cc(-c3cccnc3)c2=O)c1. The van der Waals surface area contributed by atoms with Gasteiger partial charge in [0.25, 0.3) is 5.56 Å². The van der Waals surface area contributed by atoms with Gasteiger partial charge in [0.2, 0.25) is 0 Å². The molecule has 3 aromatic heterocycles. The maximum atomic E-state index is 12.6. The van der Waals surface area contributed by atoms with E-state index < -0.39 is 0 Å². The number of aromatic amines is 1.